The molecule has 2 N–H and O–H groups in total. The van der Waals surface area contributed by atoms with Gasteiger partial charge >= 0.3 is 5.97 Å². The second-order valence-electron chi connectivity index (χ2n) is 11.9. The molecule has 2 aromatic heterocycles. The van der Waals surface area contributed by atoms with Crippen LogP contribution in [0.4, 0.5) is 0 Å². The first-order valence-corrected chi connectivity index (χ1v) is 14.9. The molecule has 10 heteroatoms. The summed E-state index contributed by atoms with van der Waals surface area (Å²) in [5.74, 6) is 11.1. The lowest BCUT2D eigenvalue weighted by atomic mass is 9.85. The molecule has 1 aromatic carbocycles. The maximum absolute atomic E-state index is 14.0. The fourth-order valence-corrected chi connectivity index (χ4v) is 5.26. The van der Waals surface area contributed by atoms with Gasteiger partial charge in [-0.2, -0.15) is 0 Å². The number of amides is 2. The number of benzene rings is 1. The number of ether oxygens (including phenoxy) is 1. The molecular formula is C34H41N5O5. The van der Waals surface area contributed by atoms with Gasteiger partial charge in [0, 0.05) is 35.6 Å². The number of nitrogens with one attached hydrogen (secondary N) is 2. The van der Waals surface area contributed by atoms with Crippen LogP contribution in [0.1, 0.15) is 76.3 Å². The van der Waals surface area contributed by atoms with Gasteiger partial charge in [-0.25, -0.2) is 9.78 Å². The standard InChI is InChI=1S/C34H41N5O5/c1-8-9-10-11-14-19-38-21-24(23-16-12-13-17-25(23)38)28-27(33(42)43-7)36-31(44-28)26-18-15-20-39(26)32(41)29(34(3,4)5)37-30(40)22(2)35-6/h12-13,16-17,21-22,26,29,35H,8,15,18-20H2,1-7H3,(H,37,40)/t22-,26-,29+/m0/s1. The van der Waals surface area contributed by atoms with E-state index in [4.69, 9.17) is 9.15 Å². The molecule has 2 amide bonds. The summed E-state index contributed by atoms with van der Waals surface area (Å²) in [5, 5.41) is 6.71. The Bertz CT molecular complexity index is 1660. The molecule has 0 unspecified atom stereocenters. The largest absolute Gasteiger partial charge is 0.464 e. The molecule has 0 radical (unpaired) electrons. The molecule has 10 nitrogen and oxygen atoms in total. The number of esters is 1. The monoisotopic (exact) mass is 599 g/mol. The van der Waals surface area contributed by atoms with Crippen LogP contribution in [0.25, 0.3) is 22.2 Å². The Hall–Kier alpha value is -4.54. The van der Waals surface area contributed by atoms with Crippen LogP contribution in [0.2, 0.25) is 0 Å². The molecule has 1 aliphatic rings. The number of hydrogen-bond acceptors (Lipinski definition) is 7. The van der Waals surface area contributed by atoms with E-state index >= 15 is 0 Å². The lowest BCUT2D eigenvalue weighted by molar-refractivity contribution is -0.141. The van der Waals surface area contributed by atoms with Crippen LogP contribution in [0, 0.1) is 29.1 Å². The molecule has 0 bridgehead atoms. The van der Waals surface area contributed by atoms with E-state index in [1.165, 1.54) is 7.11 Å². The van der Waals surface area contributed by atoms with Crippen molar-refractivity contribution in [1.29, 1.82) is 0 Å². The number of rotatable bonds is 8. The Morgan fingerprint density at radius 2 is 1.91 bits per heavy atom. The van der Waals surface area contributed by atoms with Gasteiger partial charge in [0.05, 0.1) is 19.7 Å². The highest BCUT2D eigenvalue weighted by molar-refractivity contribution is 6.01. The number of likely N-dealkylation sites (N-methyl/N-ethyl adjacent to an activating group) is 1. The van der Waals surface area contributed by atoms with Gasteiger partial charge in [0.15, 0.2) is 11.5 Å². The van der Waals surface area contributed by atoms with Gasteiger partial charge in [0.1, 0.15) is 12.1 Å². The van der Waals surface area contributed by atoms with Crippen molar-refractivity contribution in [3.05, 3.63) is 42.0 Å². The van der Waals surface area contributed by atoms with Crippen molar-refractivity contribution in [2.75, 3.05) is 20.7 Å². The van der Waals surface area contributed by atoms with Gasteiger partial charge in [-0.3, -0.25) is 9.59 Å². The average Bonchev–Trinajstić information content (AvgIpc) is 3.75. The van der Waals surface area contributed by atoms with Crippen LogP contribution >= 0.6 is 0 Å². The first-order valence-electron chi connectivity index (χ1n) is 14.9. The molecule has 1 saturated heterocycles. The summed E-state index contributed by atoms with van der Waals surface area (Å²) in [4.78, 5) is 46.1. The van der Waals surface area contributed by atoms with E-state index in [9.17, 15) is 14.4 Å². The van der Waals surface area contributed by atoms with Crippen LogP contribution in [0.3, 0.4) is 0 Å². The number of methoxy groups -OCH3 is 1. The third-order valence-electron chi connectivity index (χ3n) is 7.77. The third-order valence-corrected chi connectivity index (χ3v) is 7.77. The second kappa shape index (κ2) is 13.8. The van der Waals surface area contributed by atoms with Crippen LogP contribution in [-0.2, 0) is 20.9 Å². The number of nitrogens with zero attached hydrogens (tertiary/aromatic N) is 3. The Balaban J connectivity index is 1.74. The summed E-state index contributed by atoms with van der Waals surface area (Å²) in [6, 6.07) is 6.02. The smallest absolute Gasteiger partial charge is 0.360 e. The summed E-state index contributed by atoms with van der Waals surface area (Å²) in [6.07, 6.45) is 3.94. The van der Waals surface area contributed by atoms with Crippen LogP contribution in [0.5, 0.6) is 0 Å². The van der Waals surface area contributed by atoms with Gasteiger partial charge in [-0.15, -0.1) is 0 Å². The minimum absolute atomic E-state index is 0.0353. The minimum Gasteiger partial charge on any atom is -0.464 e. The molecule has 1 fully saturated rings. The fourth-order valence-electron chi connectivity index (χ4n) is 5.26. The highest BCUT2D eigenvalue weighted by Crippen LogP contribution is 2.39. The molecule has 0 aliphatic carbocycles. The van der Waals surface area contributed by atoms with Crippen molar-refractivity contribution in [2.45, 2.75) is 78.6 Å². The number of para-hydroxylation sites is 1. The maximum Gasteiger partial charge on any atom is 0.360 e. The van der Waals surface area contributed by atoms with Gasteiger partial charge in [-0.05, 0) is 50.1 Å². The van der Waals surface area contributed by atoms with Crippen molar-refractivity contribution in [3.8, 4) is 35.0 Å². The first-order chi connectivity index (χ1) is 21.0. The van der Waals surface area contributed by atoms with E-state index in [1.54, 1.807) is 18.9 Å². The van der Waals surface area contributed by atoms with E-state index in [-0.39, 0.29) is 29.2 Å². The summed E-state index contributed by atoms with van der Waals surface area (Å²) >= 11 is 0. The second-order valence-corrected chi connectivity index (χ2v) is 11.9. The van der Waals surface area contributed by atoms with Crippen LogP contribution < -0.4 is 10.6 Å². The summed E-state index contributed by atoms with van der Waals surface area (Å²) in [6.45, 7) is 10.3. The molecule has 3 aromatic rings. The quantitative estimate of drug-likeness (QED) is 0.293. The molecule has 3 heterocycles. The Morgan fingerprint density at radius 1 is 1.18 bits per heavy atom. The molecule has 0 spiro atoms. The topological polar surface area (TPSA) is 119 Å². The molecular weight excluding hydrogens is 558 g/mol. The Kier molecular flexibility index (Phi) is 10.2. The van der Waals surface area contributed by atoms with Crippen molar-refractivity contribution in [3.63, 3.8) is 0 Å². The highest BCUT2D eigenvalue weighted by Gasteiger charge is 2.42. The predicted molar refractivity (Wildman–Crippen MR) is 168 cm³/mol. The van der Waals surface area contributed by atoms with E-state index < -0.39 is 29.5 Å². The van der Waals surface area contributed by atoms with Crippen LogP contribution in [-0.4, -0.2) is 65.0 Å². The van der Waals surface area contributed by atoms with Gasteiger partial charge in [-0.1, -0.05) is 57.7 Å². The number of carbonyl (C=O) groups is 3. The summed E-state index contributed by atoms with van der Waals surface area (Å²) in [7, 11) is 2.99. The zero-order valence-corrected chi connectivity index (χ0v) is 26.5. The molecule has 4 rings (SSSR count). The number of fused-ring (bicyclic) bond motifs is 1. The van der Waals surface area contributed by atoms with Crippen LogP contribution in [0.15, 0.2) is 34.9 Å². The normalized spacial score (nSPS) is 16.0. The third kappa shape index (κ3) is 6.82. The minimum atomic E-state index is -0.776. The number of oxazole rings is 1. The number of likely N-dealkylation sites (tertiary alicyclic amines) is 1. The number of carbonyl (C=O) groups excluding carboxylic acids is 3. The SMILES string of the molecule is CCC#CC#CCn1cc(-c2oc([C@@H]3CCCN3C(=O)[C@@H](NC(=O)[C@H](C)NC)C(C)(C)C)nc2C(=O)OC)c2ccccc21. The number of aromatic nitrogens is 2. The lowest BCUT2D eigenvalue weighted by Crippen LogP contribution is -2.57. The lowest BCUT2D eigenvalue weighted by Gasteiger charge is -2.35. The fraction of sp³-hybridized carbons (Fsp3) is 0.471. The first kappa shape index (κ1) is 32.4. The highest BCUT2D eigenvalue weighted by atomic mass is 16.5. The molecule has 3 atom stereocenters. The van der Waals surface area contributed by atoms with E-state index in [0.717, 1.165) is 23.7 Å². The molecule has 1 aliphatic heterocycles. The maximum atomic E-state index is 14.0. The van der Waals surface area contributed by atoms with E-state index in [2.05, 4.69) is 39.3 Å². The van der Waals surface area contributed by atoms with E-state index in [1.807, 2.05) is 62.7 Å². The van der Waals surface area contributed by atoms with Crippen molar-refractivity contribution >= 4 is 28.7 Å². The average molecular weight is 600 g/mol. The van der Waals surface area contributed by atoms with Crippen molar-refractivity contribution in [1.82, 2.24) is 25.1 Å². The van der Waals surface area contributed by atoms with Gasteiger partial charge in [0.25, 0.3) is 0 Å². The Labute approximate surface area is 258 Å². The molecule has 232 valence electrons. The van der Waals surface area contributed by atoms with Gasteiger partial charge in [0.2, 0.25) is 17.7 Å². The molecule has 44 heavy (non-hydrogen) atoms. The van der Waals surface area contributed by atoms with Gasteiger partial charge < -0.3 is 29.3 Å². The predicted octanol–water partition coefficient (Wildman–Crippen LogP) is 4.30. The van der Waals surface area contributed by atoms with Crippen molar-refractivity contribution < 1.29 is 23.5 Å². The number of hydrogen-bond donors (Lipinski definition) is 2. The van der Waals surface area contributed by atoms with Crippen molar-refractivity contribution in [2.24, 2.45) is 5.41 Å². The summed E-state index contributed by atoms with van der Waals surface area (Å²) in [5.41, 5.74) is 1.05. The summed E-state index contributed by atoms with van der Waals surface area (Å²) < 4.78 is 13.5. The molecule has 0 saturated carbocycles. The zero-order chi connectivity index (χ0) is 32.0. The Morgan fingerprint density at radius 3 is 2.59 bits per heavy atom. The zero-order valence-electron chi connectivity index (χ0n) is 26.5. The van der Waals surface area contributed by atoms with E-state index in [0.29, 0.717) is 25.1 Å².